The average Bonchev–Trinajstić information content (AvgIpc) is 3.09. The van der Waals surface area contributed by atoms with E-state index in [-0.39, 0.29) is 24.7 Å². The van der Waals surface area contributed by atoms with Gasteiger partial charge in [-0.3, -0.25) is 4.79 Å². The van der Waals surface area contributed by atoms with E-state index in [0.29, 0.717) is 25.5 Å². The van der Waals surface area contributed by atoms with Crippen LogP contribution in [0.15, 0.2) is 24.4 Å². The molecule has 0 bridgehead atoms. The molecule has 1 aromatic carbocycles. The van der Waals surface area contributed by atoms with Gasteiger partial charge in [-0.05, 0) is 44.4 Å². The molecule has 1 saturated heterocycles. The van der Waals surface area contributed by atoms with Crippen molar-refractivity contribution in [1.29, 1.82) is 0 Å². The van der Waals surface area contributed by atoms with Crippen molar-refractivity contribution in [3.05, 3.63) is 41.5 Å². The Kier molecular flexibility index (Phi) is 5.18. The molecule has 3 rings (SSSR count). The van der Waals surface area contributed by atoms with Crippen molar-refractivity contribution in [3.63, 3.8) is 0 Å². The lowest BCUT2D eigenvalue weighted by atomic mass is 9.92. The van der Waals surface area contributed by atoms with Gasteiger partial charge < -0.3 is 10.0 Å². The van der Waals surface area contributed by atoms with Crippen LogP contribution in [0.4, 0.5) is 17.6 Å². The van der Waals surface area contributed by atoms with Crippen LogP contribution in [-0.4, -0.2) is 55.8 Å². The molecular formula is C18H20F4N4O2. The number of benzene rings is 1. The number of likely N-dealkylation sites (tertiary alicyclic amines) is 1. The highest BCUT2D eigenvalue weighted by molar-refractivity contribution is 5.85. The van der Waals surface area contributed by atoms with E-state index in [2.05, 4.69) is 10.3 Å². The first kappa shape index (κ1) is 20.2. The average molecular weight is 400 g/mol. The smallest absolute Gasteiger partial charge is 0.373 e. The van der Waals surface area contributed by atoms with Gasteiger partial charge in [0.25, 0.3) is 5.91 Å². The van der Waals surface area contributed by atoms with E-state index in [4.69, 9.17) is 0 Å². The van der Waals surface area contributed by atoms with Gasteiger partial charge in [-0.2, -0.15) is 13.2 Å². The Morgan fingerprint density at radius 2 is 1.89 bits per heavy atom. The van der Waals surface area contributed by atoms with Gasteiger partial charge in [-0.15, -0.1) is 5.10 Å². The van der Waals surface area contributed by atoms with Crippen LogP contribution >= 0.6 is 0 Å². The number of aryl methyl sites for hydroxylation is 1. The Balaban J connectivity index is 1.75. The van der Waals surface area contributed by atoms with Crippen molar-refractivity contribution in [2.75, 3.05) is 13.1 Å². The number of rotatable bonds is 3. The molecule has 1 fully saturated rings. The Hall–Kier alpha value is -2.49. The van der Waals surface area contributed by atoms with Gasteiger partial charge in [0.15, 0.2) is 0 Å². The molecule has 10 heteroatoms. The van der Waals surface area contributed by atoms with Gasteiger partial charge in [-0.25, -0.2) is 9.07 Å². The number of amides is 1. The summed E-state index contributed by atoms with van der Waals surface area (Å²) in [4.78, 5) is 13.1. The summed E-state index contributed by atoms with van der Waals surface area (Å²) in [6, 6.07) is 4.70. The third-order valence-corrected chi connectivity index (χ3v) is 5.08. The van der Waals surface area contributed by atoms with Crippen molar-refractivity contribution in [1.82, 2.24) is 19.9 Å². The summed E-state index contributed by atoms with van der Waals surface area (Å²) in [6.45, 7) is 2.30. The first-order chi connectivity index (χ1) is 13.0. The maximum Gasteiger partial charge on any atom is 0.426 e. The van der Waals surface area contributed by atoms with E-state index in [1.54, 1.807) is 19.1 Å². The van der Waals surface area contributed by atoms with Crippen LogP contribution in [0, 0.1) is 12.7 Å². The molecule has 0 aliphatic carbocycles. The Bertz CT molecular complexity index is 871. The Morgan fingerprint density at radius 1 is 1.25 bits per heavy atom. The van der Waals surface area contributed by atoms with Crippen LogP contribution in [0.25, 0.3) is 5.69 Å². The fraction of sp³-hybridized carbons (Fsp3) is 0.500. The summed E-state index contributed by atoms with van der Waals surface area (Å²) in [5, 5.41) is 17.4. The number of piperidine rings is 1. The van der Waals surface area contributed by atoms with Crippen molar-refractivity contribution in [2.24, 2.45) is 0 Å². The number of nitrogens with zero attached hydrogens (tertiary/aromatic N) is 4. The largest absolute Gasteiger partial charge is 0.426 e. The minimum atomic E-state index is -5.05. The molecule has 152 valence electrons. The quantitative estimate of drug-likeness (QED) is 0.805. The maximum absolute atomic E-state index is 14.3. The predicted octanol–water partition coefficient (Wildman–Crippen LogP) is 2.73. The topological polar surface area (TPSA) is 71.2 Å². The molecule has 2 heterocycles. The highest BCUT2D eigenvalue weighted by Crippen LogP contribution is 2.34. The first-order valence-corrected chi connectivity index (χ1v) is 8.78. The third-order valence-electron chi connectivity index (χ3n) is 5.08. The highest BCUT2D eigenvalue weighted by atomic mass is 19.4. The number of carbonyl (C=O) groups excluding carboxylic acids is 1. The molecule has 0 saturated carbocycles. The number of aromatic nitrogens is 3. The second kappa shape index (κ2) is 7.16. The number of halogens is 4. The van der Waals surface area contributed by atoms with E-state index >= 15 is 0 Å². The summed E-state index contributed by atoms with van der Waals surface area (Å²) in [5.41, 5.74) is -1.81. The van der Waals surface area contributed by atoms with E-state index in [1.165, 1.54) is 16.9 Å². The molecule has 1 N–H and O–H groups in total. The second-order valence-electron chi connectivity index (χ2n) is 7.16. The molecule has 1 aromatic heterocycles. The molecule has 2 aromatic rings. The van der Waals surface area contributed by atoms with Gasteiger partial charge >= 0.3 is 6.18 Å². The van der Waals surface area contributed by atoms with Gasteiger partial charge in [-0.1, -0.05) is 11.3 Å². The van der Waals surface area contributed by atoms with Crippen LogP contribution in [-0.2, 0) is 4.79 Å². The predicted molar refractivity (Wildman–Crippen MR) is 91.3 cm³/mol. The zero-order chi connectivity index (χ0) is 20.7. The first-order valence-electron chi connectivity index (χ1n) is 8.78. The van der Waals surface area contributed by atoms with Crippen LogP contribution in [0.1, 0.15) is 36.9 Å². The molecule has 1 atom stereocenters. The zero-order valence-corrected chi connectivity index (χ0v) is 15.4. The van der Waals surface area contributed by atoms with Crippen molar-refractivity contribution in [2.45, 2.75) is 44.4 Å². The number of alkyl halides is 3. The maximum atomic E-state index is 14.3. The second-order valence-corrected chi connectivity index (χ2v) is 7.16. The fourth-order valence-electron chi connectivity index (χ4n) is 3.30. The SMILES string of the molecule is Cc1ccc(-n2nncc2C2CCN(C(=O)[C@@](C)(O)C(F)(F)F)CC2)c(F)c1. The van der Waals surface area contributed by atoms with Gasteiger partial charge in [0, 0.05) is 19.0 Å². The Labute approximate surface area is 158 Å². The molecular weight excluding hydrogens is 380 g/mol. The van der Waals surface area contributed by atoms with Crippen LogP contribution in [0.3, 0.4) is 0 Å². The molecule has 1 aliphatic heterocycles. The molecule has 1 amide bonds. The third kappa shape index (κ3) is 3.60. The zero-order valence-electron chi connectivity index (χ0n) is 15.4. The molecule has 0 unspecified atom stereocenters. The monoisotopic (exact) mass is 400 g/mol. The van der Waals surface area contributed by atoms with Crippen LogP contribution in [0.5, 0.6) is 0 Å². The number of hydrogen-bond acceptors (Lipinski definition) is 4. The fourth-order valence-corrected chi connectivity index (χ4v) is 3.30. The van der Waals surface area contributed by atoms with Crippen LogP contribution < -0.4 is 0 Å². The number of aliphatic hydroxyl groups is 1. The van der Waals surface area contributed by atoms with Crippen molar-refractivity contribution < 1.29 is 27.5 Å². The van der Waals surface area contributed by atoms with Crippen LogP contribution in [0.2, 0.25) is 0 Å². The van der Waals surface area contributed by atoms with Gasteiger partial charge in [0.2, 0.25) is 5.60 Å². The van der Waals surface area contributed by atoms with E-state index < -0.39 is 23.5 Å². The van der Waals surface area contributed by atoms with Crippen molar-refractivity contribution >= 4 is 5.91 Å². The minimum absolute atomic E-state index is 0.0390. The lowest BCUT2D eigenvalue weighted by Gasteiger charge is -2.36. The molecule has 1 aliphatic rings. The van der Waals surface area contributed by atoms with Crippen molar-refractivity contribution in [3.8, 4) is 5.69 Å². The van der Waals surface area contributed by atoms with E-state index in [9.17, 15) is 27.5 Å². The van der Waals surface area contributed by atoms with Gasteiger partial charge in [0.1, 0.15) is 11.5 Å². The minimum Gasteiger partial charge on any atom is -0.373 e. The standard InChI is InChI=1S/C18H20F4N4O2/c1-11-3-4-14(13(19)9-11)26-15(10-23-24-26)12-5-7-25(8-6-12)16(27)17(2,28)18(20,21)22/h3-4,9-10,12,28H,5-8H2,1-2H3/t17-/m1/s1. The summed E-state index contributed by atoms with van der Waals surface area (Å²) in [5.74, 6) is -1.98. The van der Waals surface area contributed by atoms with Gasteiger partial charge in [0.05, 0.1) is 11.9 Å². The number of hydrogen-bond donors (Lipinski definition) is 1. The Morgan fingerprint density at radius 3 is 2.46 bits per heavy atom. The lowest BCUT2D eigenvalue weighted by molar-refractivity contribution is -0.250. The number of carbonyl (C=O) groups is 1. The molecule has 6 nitrogen and oxygen atoms in total. The highest BCUT2D eigenvalue weighted by Gasteiger charge is 2.57. The molecule has 0 radical (unpaired) electrons. The van der Waals surface area contributed by atoms with E-state index in [0.717, 1.165) is 10.5 Å². The molecule has 28 heavy (non-hydrogen) atoms. The van der Waals surface area contributed by atoms with E-state index in [1.807, 2.05) is 0 Å². The summed E-state index contributed by atoms with van der Waals surface area (Å²) >= 11 is 0. The summed E-state index contributed by atoms with van der Waals surface area (Å²) in [6.07, 6.45) is -2.86. The molecule has 0 spiro atoms. The normalized spacial score (nSPS) is 18.2. The summed E-state index contributed by atoms with van der Waals surface area (Å²) < 4.78 is 54.4. The lowest BCUT2D eigenvalue weighted by Crippen LogP contribution is -2.57. The summed E-state index contributed by atoms with van der Waals surface area (Å²) in [7, 11) is 0.